The summed E-state index contributed by atoms with van der Waals surface area (Å²) in [6.45, 7) is 1.89. The second kappa shape index (κ2) is 3.72. The van der Waals surface area contributed by atoms with Crippen LogP contribution in [0.5, 0.6) is 0 Å². The molecule has 0 amide bonds. The predicted molar refractivity (Wildman–Crippen MR) is 47.0 cm³/mol. The van der Waals surface area contributed by atoms with Crippen molar-refractivity contribution in [3.8, 4) is 6.07 Å². The molecule has 0 saturated heterocycles. The molecule has 5 heteroatoms. The molecule has 0 unspecified atom stereocenters. The maximum atomic E-state index is 11.4. The first kappa shape index (κ1) is 9.26. The van der Waals surface area contributed by atoms with Crippen molar-refractivity contribution in [1.29, 1.82) is 5.26 Å². The Hall–Kier alpha value is -1.83. The standard InChI is InChI=1S/C8H10N4O/c1-2-3-6(13)7-5(4-9)8(10)12-11-7/h2-3H2,1H3,(H3,10,11,12). The average molecular weight is 178 g/mol. The van der Waals surface area contributed by atoms with Gasteiger partial charge >= 0.3 is 0 Å². The van der Waals surface area contributed by atoms with E-state index >= 15 is 0 Å². The number of nitriles is 1. The monoisotopic (exact) mass is 178 g/mol. The first-order chi connectivity index (χ1) is 6.20. The summed E-state index contributed by atoms with van der Waals surface area (Å²) in [6, 6.07) is 1.84. The van der Waals surface area contributed by atoms with Gasteiger partial charge < -0.3 is 5.73 Å². The molecule has 13 heavy (non-hydrogen) atoms. The fraction of sp³-hybridized carbons (Fsp3) is 0.375. The molecule has 0 aliphatic heterocycles. The number of carbonyl (C=O) groups is 1. The number of nitrogen functional groups attached to an aromatic ring is 1. The van der Waals surface area contributed by atoms with Gasteiger partial charge in [-0.3, -0.25) is 9.89 Å². The van der Waals surface area contributed by atoms with Crippen LogP contribution < -0.4 is 5.73 Å². The van der Waals surface area contributed by atoms with E-state index in [1.54, 1.807) is 0 Å². The van der Waals surface area contributed by atoms with Crippen molar-refractivity contribution < 1.29 is 4.79 Å². The Labute approximate surface area is 75.5 Å². The maximum Gasteiger partial charge on any atom is 0.182 e. The lowest BCUT2D eigenvalue weighted by molar-refractivity contribution is 0.0976. The van der Waals surface area contributed by atoms with Gasteiger partial charge in [0.1, 0.15) is 17.3 Å². The molecule has 0 spiro atoms. The first-order valence-corrected chi connectivity index (χ1v) is 3.97. The Morgan fingerprint density at radius 3 is 3.00 bits per heavy atom. The van der Waals surface area contributed by atoms with E-state index < -0.39 is 0 Å². The number of aromatic nitrogens is 2. The minimum atomic E-state index is -0.122. The van der Waals surface area contributed by atoms with Crippen LogP contribution in [0.4, 0.5) is 5.82 Å². The molecule has 0 aliphatic rings. The fourth-order valence-corrected chi connectivity index (χ4v) is 1.02. The van der Waals surface area contributed by atoms with Crippen LogP contribution in [0.15, 0.2) is 0 Å². The van der Waals surface area contributed by atoms with Crippen LogP contribution in [0, 0.1) is 11.3 Å². The number of H-pyrrole nitrogens is 1. The van der Waals surface area contributed by atoms with Crippen molar-refractivity contribution in [3.63, 3.8) is 0 Å². The summed E-state index contributed by atoms with van der Waals surface area (Å²) < 4.78 is 0. The molecular weight excluding hydrogens is 168 g/mol. The Balaban J connectivity index is 3.02. The molecule has 0 bridgehead atoms. The molecule has 1 rings (SSSR count). The summed E-state index contributed by atoms with van der Waals surface area (Å²) in [5.74, 6) is -0.0368. The van der Waals surface area contributed by atoms with Crippen LogP contribution in [0.3, 0.4) is 0 Å². The number of ketones is 1. The van der Waals surface area contributed by atoms with E-state index in [0.29, 0.717) is 6.42 Å². The Kier molecular flexibility index (Phi) is 2.65. The molecule has 0 aromatic carbocycles. The Bertz CT molecular complexity index is 361. The zero-order valence-corrected chi connectivity index (χ0v) is 7.29. The largest absolute Gasteiger partial charge is 0.381 e. The molecule has 0 saturated carbocycles. The van der Waals surface area contributed by atoms with Gasteiger partial charge in [0.2, 0.25) is 0 Å². The van der Waals surface area contributed by atoms with E-state index in [2.05, 4.69) is 10.2 Å². The first-order valence-electron chi connectivity index (χ1n) is 3.97. The minimum absolute atomic E-state index is 0.0851. The number of carbonyl (C=O) groups excluding carboxylic acids is 1. The van der Waals surface area contributed by atoms with Crippen molar-refractivity contribution in [2.75, 3.05) is 5.73 Å². The van der Waals surface area contributed by atoms with Crippen molar-refractivity contribution in [3.05, 3.63) is 11.3 Å². The van der Waals surface area contributed by atoms with E-state index in [-0.39, 0.29) is 22.9 Å². The summed E-state index contributed by atoms with van der Waals surface area (Å²) in [5, 5.41) is 14.7. The number of nitrogens with zero attached hydrogens (tertiary/aromatic N) is 2. The van der Waals surface area contributed by atoms with Crippen molar-refractivity contribution >= 4 is 11.6 Å². The number of nitrogens with one attached hydrogen (secondary N) is 1. The molecular formula is C8H10N4O. The van der Waals surface area contributed by atoms with E-state index in [1.807, 2.05) is 13.0 Å². The fourth-order valence-electron chi connectivity index (χ4n) is 1.02. The van der Waals surface area contributed by atoms with Crippen molar-refractivity contribution in [2.45, 2.75) is 19.8 Å². The maximum absolute atomic E-state index is 11.4. The van der Waals surface area contributed by atoms with Gasteiger partial charge in [0.15, 0.2) is 11.6 Å². The molecule has 0 aliphatic carbocycles. The highest BCUT2D eigenvalue weighted by Gasteiger charge is 2.16. The van der Waals surface area contributed by atoms with E-state index in [4.69, 9.17) is 11.0 Å². The number of anilines is 1. The summed E-state index contributed by atoms with van der Waals surface area (Å²) in [6.07, 6.45) is 1.14. The van der Waals surface area contributed by atoms with Crippen LogP contribution in [-0.4, -0.2) is 16.0 Å². The van der Waals surface area contributed by atoms with Gasteiger partial charge in [-0.25, -0.2) is 0 Å². The summed E-state index contributed by atoms with van der Waals surface area (Å²) in [5.41, 5.74) is 5.74. The summed E-state index contributed by atoms with van der Waals surface area (Å²) >= 11 is 0. The Morgan fingerprint density at radius 2 is 2.46 bits per heavy atom. The molecule has 68 valence electrons. The van der Waals surface area contributed by atoms with Gasteiger partial charge in [-0.1, -0.05) is 6.92 Å². The average Bonchev–Trinajstić information content (AvgIpc) is 2.47. The van der Waals surface area contributed by atoms with Crippen LogP contribution >= 0.6 is 0 Å². The normalized spacial score (nSPS) is 9.54. The number of hydrogen-bond donors (Lipinski definition) is 2. The van der Waals surface area contributed by atoms with Crippen LogP contribution in [-0.2, 0) is 0 Å². The molecule has 1 heterocycles. The molecule has 5 nitrogen and oxygen atoms in total. The molecule has 0 atom stereocenters. The highest BCUT2D eigenvalue weighted by Crippen LogP contribution is 2.13. The summed E-state index contributed by atoms with van der Waals surface area (Å²) in [4.78, 5) is 11.4. The topological polar surface area (TPSA) is 95.6 Å². The number of nitrogens with two attached hydrogens (primary N) is 1. The van der Waals surface area contributed by atoms with Gasteiger partial charge in [0.05, 0.1) is 0 Å². The van der Waals surface area contributed by atoms with Gasteiger partial charge in [0.25, 0.3) is 0 Å². The third-order valence-corrected chi connectivity index (χ3v) is 1.66. The number of Topliss-reactive ketones (excluding diaryl/α,β-unsaturated/α-hetero) is 1. The second-order valence-electron chi connectivity index (χ2n) is 2.64. The van der Waals surface area contributed by atoms with Crippen molar-refractivity contribution in [1.82, 2.24) is 10.2 Å². The SMILES string of the molecule is CCCC(=O)c1[nH]nc(N)c1C#N. The van der Waals surface area contributed by atoms with E-state index in [9.17, 15) is 4.79 Å². The smallest absolute Gasteiger partial charge is 0.182 e. The van der Waals surface area contributed by atoms with Crippen LogP contribution in [0.2, 0.25) is 0 Å². The lowest BCUT2D eigenvalue weighted by Gasteiger charge is -1.93. The lowest BCUT2D eigenvalue weighted by Crippen LogP contribution is -2.01. The number of hydrogen-bond acceptors (Lipinski definition) is 4. The van der Waals surface area contributed by atoms with E-state index in [0.717, 1.165) is 6.42 Å². The zero-order valence-electron chi connectivity index (χ0n) is 7.29. The molecule has 0 fully saturated rings. The zero-order chi connectivity index (χ0) is 9.84. The molecule has 1 aromatic heterocycles. The third kappa shape index (κ3) is 1.67. The Morgan fingerprint density at radius 1 is 1.77 bits per heavy atom. The van der Waals surface area contributed by atoms with Crippen LogP contribution in [0.1, 0.15) is 35.8 Å². The highest BCUT2D eigenvalue weighted by molar-refractivity contribution is 5.97. The van der Waals surface area contributed by atoms with E-state index in [1.165, 1.54) is 0 Å². The second-order valence-corrected chi connectivity index (χ2v) is 2.64. The molecule has 0 radical (unpaired) electrons. The van der Waals surface area contributed by atoms with Crippen molar-refractivity contribution in [2.24, 2.45) is 0 Å². The lowest BCUT2D eigenvalue weighted by atomic mass is 10.1. The predicted octanol–water partition coefficient (Wildman–Crippen LogP) is 0.846. The number of rotatable bonds is 3. The number of aromatic amines is 1. The molecule has 1 aromatic rings. The van der Waals surface area contributed by atoms with Gasteiger partial charge in [-0.2, -0.15) is 10.4 Å². The quantitative estimate of drug-likeness (QED) is 0.670. The van der Waals surface area contributed by atoms with Gasteiger partial charge in [0, 0.05) is 6.42 Å². The van der Waals surface area contributed by atoms with Gasteiger partial charge in [-0.15, -0.1) is 0 Å². The molecule has 3 N–H and O–H groups in total. The summed E-state index contributed by atoms with van der Waals surface area (Å²) in [7, 11) is 0. The highest BCUT2D eigenvalue weighted by atomic mass is 16.1. The third-order valence-electron chi connectivity index (χ3n) is 1.66. The van der Waals surface area contributed by atoms with Crippen LogP contribution in [0.25, 0.3) is 0 Å². The van der Waals surface area contributed by atoms with Gasteiger partial charge in [-0.05, 0) is 6.42 Å². The minimum Gasteiger partial charge on any atom is -0.381 e.